The molecule has 0 spiro atoms. The van der Waals surface area contributed by atoms with Crippen LogP contribution in [0, 0.1) is 0 Å². The predicted molar refractivity (Wildman–Crippen MR) is 80.4 cm³/mol. The Hall–Kier alpha value is -0.860. The number of benzene rings is 1. The van der Waals surface area contributed by atoms with Crippen molar-refractivity contribution < 1.29 is 4.74 Å². The Bertz CT molecular complexity index is 379. The molecule has 1 aromatic carbocycles. The van der Waals surface area contributed by atoms with E-state index in [0.29, 0.717) is 6.04 Å². The van der Waals surface area contributed by atoms with Gasteiger partial charge in [-0.3, -0.25) is 0 Å². The molecule has 1 atom stereocenters. The third-order valence-corrected chi connectivity index (χ3v) is 4.64. The molecule has 0 amide bonds. The Morgan fingerprint density at radius 2 is 1.79 bits per heavy atom. The standard InChI is InChI=1S/C17H27NO/c1-4-14-8-10-15(11-9-14)16(18-2)17(19-3)12-6-5-7-13-17/h8-11,16,18H,4-7,12-13H2,1-3H3. The number of hydrogen-bond donors (Lipinski definition) is 1. The lowest BCUT2D eigenvalue weighted by molar-refractivity contribution is -0.0671. The lowest BCUT2D eigenvalue weighted by Crippen LogP contribution is -2.45. The summed E-state index contributed by atoms with van der Waals surface area (Å²) in [4.78, 5) is 0. The van der Waals surface area contributed by atoms with E-state index in [9.17, 15) is 0 Å². The fraction of sp³-hybridized carbons (Fsp3) is 0.647. The molecule has 2 nitrogen and oxygen atoms in total. The van der Waals surface area contributed by atoms with Gasteiger partial charge < -0.3 is 10.1 Å². The van der Waals surface area contributed by atoms with E-state index in [2.05, 4.69) is 36.5 Å². The molecule has 1 aromatic rings. The van der Waals surface area contributed by atoms with Crippen LogP contribution in [0.5, 0.6) is 0 Å². The van der Waals surface area contributed by atoms with E-state index >= 15 is 0 Å². The molecule has 1 saturated carbocycles. The van der Waals surface area contributed by atoms with Crippen molar-refractivity contribution in [2.75, 3.05) is 14.2 Å². The van der Waals surface area contributed by atoms with Crippen molar-refractivity contribution in [1.82, 2.24) is 5.32 Å². The monoisotopic (exact) mass is 261 g/mol. The first-order valence-electron chi connectivity index (χ1n) is 7.57. The minimum Gasteiger partial charge on any atom is -0.376 e. The van der Waals surface area contributed by atoms with Crippen LogP contribution in [0.3, 0.4) is 0 Å². The molecule has 1 N–H and O–H groups in total. The molecule has 2 heteroatoms. The molecule has 0 bridgehead atoms. The first kappa shape index (κ1) is 14.5. The molecule has 0 aromatic heterocycles. The Morgan fingerprint density at radius 1 is 1.16 bits per heavy atom. The molecular weight excluding hydrogens is 234 g/mol. The summed E-state index contributed by atoms with van der Waals surface area (Å²) in [5.74, 6) is 0. The highest BCUT2D eigenvalue weighted by Crippen LogP contribution is 2.40. The van der Waals surface area contributed by atoms with Crippen molar-refractivity contribution in [3.63, 3.8) is 0 Å². The van der Waals surface area contributed by atoms with Crippen molar-refractivity contribution in [3.05, 3.63) is 35.4 Å². The third-order valence-electron chi connectivity index (χ3n) is 4.64. The van der Waals surface area contributed by atoms with Crippen LogP contribution in [-0.2, 0) is 11.2 Å². The molecule has 0 saturated heterocycles. The second kappa shape index (κ2) is 6.53. The molecule has 19 heavy (non-hydrogen) atoms. The quantitative estimate of drug-likeness (QED) is 0.869. The van der Waals surface area contributed by atoms with Crippen LogP contribution in [-0.4, -0.2) is 19.8 Å². The maximum atomic E-state index is 5.98. The fourth-order valence-corrected chi connectivity index (χ4v) is 3.44. The SMILES string of the molecule is CCc1ccc(C(NC)C2(OC)CCCCC2)cc1. The second-order valence-corrected chi connectivity index (χ2v) is 5.65. The average Bonchev–Trinajstić information content (AvgIpc) is 2.49. The summed E-state index contributed by atoms with van der Waals surface area (Å²) in [6.07, 6.45) is 7.31. The maximum absolute atomic E-state index is 5.98. The van der Waals surface area contributed by atoms with Crippen LogP contribution in [0.15, 0.2) is 24.3 Å². The number of aryl methyl sites for hydroxylation is 1. The van der Waals surface area contributed by atoms with Gasteiger partial charge in [-0.1, -0.05) is 50.5 Å². The highest BCUT2D eigenvalue weighted by molar-refractivity contribution is 5.27. The molecule has 0 radical (unpaired) electrons. The van der Waals surface area contributed by atoms with Gasteiger partial charge in [0.1, 0.15) is 0 Å². The van der Waals surface area contributed by atoms with Crippen molar-refractivity contribution in [3.8, 4) is 0 Å². The van der Waals surface area contributed by atoms with Gasteiger partial charge >= 0.3 is 0 Å². The largest absolute Gasteiger partial charge is 0.376 e. The number of nitrogens with one attached hydrogen (secondary N) is 1. The molecular formula is C17H27NO. The van der Waals surface area contributed by atoms with E-state index in [1.165, 1.54) is 30.4 Å². The number of likely N-dealkylation sites (N-methyl/N-ethyl adjacent to an activating group) is 1. The van der Waals surface area contributed by atoms with Gasteiger partial charge in [-0.25, -0.2) is 0 Å². The smallest absolute Gasteiger partial charge is 0.0872 e. The Balaban J connectivity index is 2.25. The molecule has 106 valence electrons. The first-order chi connectivity index (χ1) is 9.25. The van der Waals surface area contributed by atoms with Crippen LogP contribution >= 0.6 is 0 Å². The summed E-state index contributed by atoms with van der Waals surface area (Å²) >= 11 is 0. The molecule has 0 heterocycles. The Labute approximate surface area is 117 Å². The number of hydrogen-bond acceptors (Lipinski definition) is 2. The van der Waals surface area contributed by atoms with Crippen LogP contribution in [0.1, 0.15) is 56.2 Å². The fourth-order valence-electron chi connectivity index (χ4n) is 3.44. The van der Waals surface area contributed by atoms with Gasteiger partial charge in [0.2, 0.25) is 0 Å². The van der Waals surface area contributed by atoms with Gasteiger partial charge in [0.05, 0.1) is 11.6 Å². The van der Waals surface area contributed by atoms with Crippen LogP contribution < -0.4 is 5.32 Å². The number of ether oxygens (including phenoxy) is 1. The lowest BCUT2D eigenvalue weighted by Gasteiger charge is -2.42. The summed E-state index contributed by atoms with van der Waals surface area (Å²) in [6, 6.07) is 9.30. The molecule has 0 aliphatic heterocycles. The molecule has 1 aliphatic carbocycles. The van der Waals surface area contributed by atoms with Gasteiger partial charge in [0.25, 0.3) is 0 Å². The Morgan fingerprint density at radius 3 is 2.26 bits per heavy atom. The van der Waals surface area contributed by atoms with Crippen LogP contribution in [0.25, 0.3) is 0 Å². The zero-order valence-corrected chi connectivity index (χ0v) is 12.5. The van der Waals surface area contributed by atoms with Gasteiger partial charge in [-0.05, 0) is 37.4 Å². The highest BCUT2D eigenvalue weighted by atomic mass is 16.5. The van der Waals surface area contributed by atoms with E-state index < -0.39 is 0 Å². The minimum atomic E-state index is -0.0271. The first-order valence-corrected chi connectivity index (χ1v) is 7.57. The van der Waals surface area contributed by atoms with Gasteiger partial charge in [-0.15, -0.1) is 0 Å². The zero-order chi connectivity index (χ0) is 13.7. The normalized spacial score (nSPS) is 20.2. The third kappa shape index (κ3) is 3.01. The maximum Gasteiger partial charge on any atom is 0.0872 e. The average molecular weight is 261 g/mol. The summed E-state index contributed by atoms with van der Waals surface area (Å²) in [6.45, 7) is 2.20. The zero-order valence-electron chi connectivity index (χ0n) is 12.5. The Kier molecular flexibility index (Phi) is 5.00. The number of rotatable bonds is 5. The van der Waals surface area contributed by atoms with E-state index in [1.54, 1.807) is 0 Å². The predicted octanol–water partition coefficient (Wildman–Crippen LogP) is 3.86. The van der Waals surface area contributed by atoms with E-state index in [4.69, 9.17) is 4.74 Å². The summed E-state index contributed by atoms with van der Waals surface area (Å²) in [5.41, 5.74) is 2.72. The topological polar surface area (TPSA) is 21.3 Å². The molecule has 1 fully saturated rings. The summed E-state index contributed by atoms with van der Waals surface area (Å²) < 4.78 is 5.98. The molecule has 2 rings (SSSR count). The number of methoxy groups -OCH3 is 1. The summed E-state index contributed by atoms with van der Waals surface area (Å²) in [5, 5.41) is 3.49. The van der Waals surface area contributed by atoms with Crippen molar-refractivity contribution in [2.24, 2.45) is 0 Å². The van der Waals surface area contributed by atoms with Gasteiger partial charge in [0.15, 0.2) is 0 Å². The van der Waals surface area contributed by atoms with E-state index in [1.807, 2.05) is 14.2 Å². The lowest BCUT2D eigenvalue weighted by atomic mass is 9.76. The van der Waals surface area contributed by atoms with Gasteiger partial charge in [-0.2, -0.15) is 0 Å². The highest BCUT2D eigenvalue weighted by Gasteiger charge is 2.40. The van der Waals surface area contributed by atoms with Crippen LogP contribution in [0.2, 0.25) is 0 Å². The van der Waals surface area contributed by atoms with Crippen molar-refractivity contribution in [2.45, 2.75) is 57.1 Å². The van der Waals surface area contributed by atoms with Crippen molar-refractivity contribution in [1.29, 1.82) is 0 Å². The minimum absolute atomic E-state index is 0.0271. The summed E-state index contributed by atoms with van der Waals surface area (Å²) in [7, 11) is 3.92. The van der Waals surface area contributed by atoms with Gasteiger partial charge in [0, 0.05) is 7.11 Å². The van der Waals surface area contributed by atoms with Crippen LogP contribution in [0.4, 0.5) is 0 Å². The molecule has 1 unspecified atom stereocenters. The van der Waals surface area contributed by atoms with E-state index in [0.717, 1.165) is 19.3 Å². The van der Waals surface area contributed by atoms with E-state index in [-0.39, 0.29) is 5.60 Å². The second-order valence-electron chi connectivity index (χ2n) is 5.65. The molecule has 1 aliphatic rings. The van der Waals surface area contributed by atoms with Crippen molar-refractivity contribution >= 4 is 0 Å².